The van der Waals surface area contributed by atoms with E-state index in [1.54, 1.807) is 34.7 Å². The number of amides is 1. The van der Waals surface area contributed by atoms with Gasteiger partial charge in [-0.2, -0.15) is 11.8 Å². The number of hydrogen-bond donors (Lipinski definition) is 2. The van der Waals surface area contributed by atoms with Gasteiger partial charge in [-0.15, -0.1) is 0 Å². The van der Waals surface area contributed by atoms with Gasteiger partial charge in [0, 0.05) is 18.4 Å². The Hall–Kier alpha value is -1.86. The van der Waals surface area contributed by atoms with Gasteiger partial charge in [-0.25, -0.2) is 4.98 Å². The number of aryl methyl sites for hydroxylation is 2. The predicted octanol–water partition coefficient (Wildman–Crippen LogP) is 1.57. The topological polar surface area (TPSA) is 84.2 Å². The molecule has 0 aliphatic carbocycles. The van der Waals surface area contributed by atoms with Gasteiger partial charge in [-0.1, -0.05) is 0 Å². The van der Waals surface area contributed by atoms with Crippen molar-refractivity contribution >= 4 is 28.7 Å². The zero-order valence-electron chi connectivity index (χ0n) is 14.2. The molecule has 130 valence electrons. The summed E-state index contributed by atoms with van der Waals surface area (Å²) in [5, 5.41) is 12.6. The Morgan fingerprint density at radius 1 is 1.46 bits per heavy atom. The van der Waals surface area contributed by atoms with Gasteiger partial charge < -0.3 is 15.0 Å². The minimum Gasteiger partial charge on any atom is -0.394 e. The lowest BCUT2D eigenvalue weighted by molar-refractivity contribution is 0.0913. The van der Waals surface area contributed by atoms with Crippen molar-refractivity contribution in [1.82, 2.24) is 14.9 Å². The molecule has 24 heavy (non-hydrogen) atoms. The van der Waals surface area contributed by atoms with Crippen LogP contribution in [-0.2, 0) is 6.54 Å². The molecule has 0 aromatic carbocycles. The molecule has 6 nitrogen and oxygen atoms in total. The van der Waals surface area contributed by atoms with Crippen molar-refractivity contribution in [2.24, 2.45) is 0 Å². The highest BCUT2D eigenvalue weighted by Crippen LogP contribution is 2.11. The van der Waals surface area contributed by atoms with Crippen molar-refractivity contribution in [3.05, 3.63) is 39.8 Å². The maximum Gasteiger partial charge on any atom is 0.257 e. The lowest BCUT2D eigenvalue weighted by Gasteiger charge is -2.16. The average molecular weight is 349 g/mol. The number of hydrogen-bond acceptors (Lipinski definition) is 5. The third-order valence-corrected chi connectivity index (χ3v) is 4.52. The van der Waals surface area contributed by atoms with Crippen LogP contribution in [0.25, 0.3) is 11.0 Å². The molecule has 1 amide bonds. The highest BCUT2D eigenvalue weighted by molar-refractivity contribution is 7.98. The van der Waals surface area contributed by atoms with E-state index in [2.05, 4.69) is 10.3 Å². The third-order valence-electron chi connectivity index (χ3n) is 3.87. The molecule has 2 rings (SSSR count). The Bertz CT molecular complexity index is 788. The number of carbonyl (C=O) groups excluding carboxylic acids is 1. The number of carbonyl (C=O) groups is 1. The highest BCUT2D eigenvalue weighted by Gasteiger charge is 2.18. The van der Waals surface area contributed by atoms with Crippen LogP contribution in [0.5, 0.6) is 0 Å². The Labute approximate surface area is 145 Å². The summed E-state index contributed by atoms with van der Waals surface area (Å²) in [5.74, 6) is 0.371. The summed E-state index contributed by atoms with van der Waals surface area (Å²) >= 11 is 1.64. The third kappa shape index (κ3) is 3.96. The molecular weight excluding hydrogens is 326 g/mol. The molecule has 0 aliphatic rings. The fraction of sp³-hybridized carbons (Fsp3) is 0.471. The van der Waals surface area contributed by atoms with Crippen LogP contribution in [0.1, 0.15) is 29.4 Å². The summed E-state index contributed by atoms with van der Waals surface area (Å²) in [6.45, 7) is 4.25. The van der Waals surface area contributed by atoms with Crippen LogP contribution < -0.4 is 10.7 Å². The molecule has 0 unspecified atom stereocenters. The molecule has 1 atom stereocenters. The maximum absolute atomic E-state index is 12.7. The smallest absolute Gasteiger partial charge is 0.257 e. The van der Waals surface area contributed by atoms with E-state index in [1.807, 2.05) is 20.1 Å². The van der Waals surface area contributed by atoms with Crippen molar-refractivity contribution in [2.75, 3.05) is 18.6 Å². The van der Waals surface area contributed by atoms with Gasteiger partial charge in [0.05, 0.1) is 18.0 Å². The standard InChI is InChI=1S/C17H23N3O3S/c1-4-20-9-14(17(23)19-12(10-21)7-8-24-3)15(22)13-6-5-11(2)18-16(13)20/h5-6,9,12,21H,4,7-8,10H2,1-3H3,(H,19,23)/t12-/m1/s1. The quantitative estimate of drug-likeness (QED) is 0.793. The zero-order chi connectivity index (χ0) is 17.7. The second kappa shape index (κ2) is 8.30. The first-order valence-electron chi connectivity index (χ1n) is 7.93. The molecule has 2 N–H and O–H groups in total. The van der Waals surface area contributed by atoms with E-state index in [0.717, 1.165) is 11.4 Å². The predicted molar refractivity (Wildman–Crippen MR) is 97.8 cm³/mol. The van der Waals surface area contributed by atoms with Crippen LogP contribution in [0.3, 0.4) is 0 Å². The highest BCUT2D eigenvalue weighted by atomic mass is 32.2. The number of rotatable bonds is 7. The summed E-state index contributed by atoms with van der Waals surface area (Å²) < 4.78 is 1.80. The van der Waals surface area contributed by atoms with Crippen molar-refractivity contribution in [2.45, 2.75) is 32.9 Å². The van der Waals surface area contributed by atoms with Crippen LogP contribution in [0.15, 0.2) is 23.1 Å². The number of pyridine rings is 2. The second-order valence-electron chi connectivity index (χ2n) is 5.62. The normalized spacial score (nSPS) is 12.3. The van der Waals surface area contributed by atoms with Crippen molar-refractivity contribution in [3.63, 3.8) is 0 Å². The summed E-state index contributed by atoms with van der Waals surface area (Å²) in [6, 6.07) is 3.12. The first-order valence-corrected chi connectivity index (χ1v) is 9.32. The van der Waals surface area contributed by atoms with E-state index in [4.69, 9.17) is 0 Å². The molecule has 2 heterocycles. The maximum atomic E-state index is 12.7. The van der Waals surface area contributed by atoms with E-state index < -0.39 is 5.91 Å². The molecule has 2 aromatic rings. The lowest BCUT2D eigenvalue weighted by Crippen LogP contribution is -2.40. The van der Waals surface area contributed by atoms with E-state index >= 15 is 0 Å². The molecule has 7 heteroatoms. The number of thioether (sulfide) groups is 1. The SMILES string of the molecule is CCn1cc(C(=O)N[C@@H](CO)CCSC)c(=O)c2ccc(C)nc21. The van der Waals surface area contributed by atoms with Gasteiger partial charge in [-0.3, -0.25) is 9.59 Å². The Kier molecular flexibility index (Phi) is 6.39. The van der Waals surface area contributed by atoms with E-state index in [9.17, 15) is 14.7 Å². The monoisotopic (exact) mass is 349 g/mol. The first kappa shape index (κ1) is 18.5. The Balaban J connectivity index is 2.41. The van der Waals surface area contributed by atoms with Crippen LogP contribution >= 0.6 is 11.8 Å². The minimum absolute atomic E-state index is 0.0811. The summed E-state index contributed by atoms with van der Waals surface area (Å²) in [7, 11) is 0. The number of fused-ring (bicyclic) bond motifs is 1. The molecule has 0 fully saturated rings. The molecule has 0 aliphatic heterocycles. The Morgan fingerprint density at radius 3 is 2.83 bits per heavy atom. The molecular formula is C17H23N3O3S. The number of aliphatic hydroxyl groups is 1. The first-order chi connectivity index (χ1) is 11.5. The van der Waals surface area contributed by atoms with E-state index in [1.165, 1.54) is 0 Å². The lowest BCUT2D eigenvalue weighted by atomic mass is 10.1. The molecule has 2 aromatic heterocycles. The van der Waals surface area contributed by atoms with Crippen molar-refractivity contribution in [1.29, 1.82) is 0 Å². The van der Waals surface area contributed by atoms with Gasteiger partial charge in [0.1, 0.15) is 11.2 Å². The van der Waals surface area contributed by atoms with Crippen LogP contribution in [-0.4, -0.2) is 45.2 Å². The fourth-order valence-corrected chi connectivity index (χ4v) is 3.02. The molecule has 0 spiro atoms. The average Bonchev–Trinajstić information content (AvgIpc) is 2.58. The second-order valence-corrected chi connectivity index (χ2v) is 6.60. The van der Waals surface area contributed by atoms with E-state index in [0.29, 0.717) is 24.0 Å². The summed E-state index contributed by atoms with van der Waals surface area (Å²) in [4.78, 5) is 29.6. The number of nitrogens with one attached hydrogen (secondary N) is 1. The number of aromatic nitrogens is 2. The van der Waals surface area contributed by atoms with Crippen molar-refractivity contribution in [3.8, 4) is 0 Å². The van der Waals surface area contributed by atoms with Gasteiger partial charge in [0.15, 0.2) is 0 Å². The van der Waals surface area contributed by atoms with Gasteiger partial charge >= 0.3 is 0 Å². The van der Waals surface area contributed by atoms with Gasteiger partial charge in [0.25, 0.3) is 5.91 Å². The van der Waals surface area contributed by atoms with E-state index in [-0.39, 0.29) is 23.6 Å². The molecule has 0 radical (unpaired) electrons. The fourth-order valence-electron chi connectivity index (χ4n) is 2.50. The number of aliphatic hydroxyl groups excluding tert-OH is 1. The Morgan fingerprint density at radius 2 is 2.21 bits per heavy atom. The summed E-state index contributed by atoms with van der Waals surface area (Å²) in [6.07, 6.45) is 4.17. The molecule has 0 saturated carbocycles. The van der Waals surface area contributed by atoms with Crippen LogP contribution in [0.2, 0.25) is 0 Å². The molecule has 0 saturated heterocycles. The number of nitrogens with zero attached hydrogens (tertiary/aromatic N) is 2. The van der Waals surface area contributed by atoms with Crippen LogP contribution in [0.4, 0.5) is 0 Å². The van der Waals surface area contributed by atoms with Crippen molar-refractivity contribution < 1.29 is 9.90 Å². The molecule has 0 bridgehead atoms. The zero-order valence-corrected chi connectivity index (χ0v) is 15.0. The van der Waals surface area contributed by atoms with Gasteiger partial charge in [-0.05, 0) is 44.4 Å². The minimum atomic E-state index is -0.454. The van der Waals surface area contributed by atoms with Crippen LogP contribution in [0, 0.1) is 6.92 Å². The summed E-state index contributed by atoms with van der Waals surface area (Å²) in [5.41, 5.74) is 1.15. The van der Waals surface area contributed by atoms with Gasteiger partial charge in [0.2, 0.25) is 5.43 Å². The largest absolute Gasteiger partial charge is 0.394 e.